The van der Waals surface area contributed by atoms with Crippen LogP contribution in [0.3, 0.4) is 0 Å². The van der Waals surface area contributed by atoms with Gasteiger partial charge in [0.2, 0.25) is 5.17 Å². The van der Waals surface area contributed by atoms with Gasteiger partial charge in [0.15, 0.2) is 11.0 Å². The molecule has 0 saturated heterocycles. The summed E-state index contributed by atoms with van der Waals surface area (Å²) in [5, 5.41) is 9.73. The van der Waals surface area contributed by atoms with E-state index in [1.54, 1.807) is 17.1 Å². The number of ether oxygens (including phenoxy) is 1. The van der Waals surface area contributed by atoms with E-state index in [0.717, 1.165) is 11.9 Å². The first-order chi connectivity index (χ1) is 13.0. The lowest BCUT2D eigenvalue weighted by molar-refractivity contribution is -0.121. The van der Waals surface area contributed by atoms with Crippen molar-refractivity contribution in [2.24, 2.45) is 15.3 Å². The van der Waals surface area contributed by atoms with Crippen molar-refractivity contribution in [3.8, 4) is 0 Å². The molecule has 7 nitrogen and oxygen atoms in total. The topological polar surface area (TPSA) is 95.2 Å². The van der Waals surface area contributed by atoms with Crippen molar-refractivity contribution in [2.45, 2.75) is 25.2 Å². The maximum atomic E-state index is 12.7. The Hall–Kier alpha value is -2.39. The Labute approximate surface area is 164 Å². The van der Waals surface area contributed by atoms with E-state index < -0.39 is 11.8 Å². The van der Waals surface area contributed by atoms with Crippen LogP contribution in [-0.4, -0.2) is 44.1 Å². The monoisotopic (exact) mass is 400 g/mol. The lowest BCUT2D eigenvalue weighted by atomic mass is 9.87. The van der Waals surface area contributed by atoms with Crippen LogP contribution in [0.1, 0.15) is 13.8 Å². The number of amidine groups is 3. The number of nitrogens with one attached hydrogen (secondary N) is 1. The van der Waals surface area contributed by atoms with Gasteiger partial charge in [0, 0.05) is 5.25 Å². The van der Waals surface area contributed by atoms with Crippen LogP contribution in [0.25, 0.3) is 0 Å². The van der Waals surface area contributed by atoms with Gasteiger partial charge >= 0.3 is 0 Å². The van der Waals surface area contributed by atoms with Gasteiger partial charge in [-0.3, -0.25) is 15.0 Å². The third-order valence-electron chi connectivity index (χ3n) is 4.16. The first kappa shape index (κ1) is 18.0. The van der Waals surface area contributed by atoms with Crippen LogP contribution in [0.2, 0.25) is 0 Å². The van der Waals surface area contributed by atoms with Crippen LogP contribution in [0.5, 0.6) is 0 Å². The molecule has 4 aliphatic rings. The van der Waals surface area contributed by atoms with E-state index in [0.29, 0.717) is 10.3 Å². The molecule has 3 heterocycles. The number of amides is 1. The Morgan fingerprint density at radius 1 is 1.33 bits per heavy atom. The van der Waals surface area contributed by atoms with Crippen molar-refractivity contribution in [3.05, 3.63) is 47.8 Å². The Kier molecular flexibility index (Phi) is 4.65. The van der Waals surface area contributed by atoms with E-state index in [9.17, 15) is 9.59 Å². The van der Waals surface area contributed by atoms with Crippen molar-refractivity contribution in [1.82, 2.24) is 4.90 Å². The second kappa shape index (κ2) is 6.97. The molecule has 1 amide bonds. The Bertz CT molecular complexity index is 927. The number of nitrogens with zero attached hydrogens (tertiary/aromatic N) is 3. The standard InChI is InChI=1S/C18H16N4O3S2/c1-9(2)26-18-21-27-17-20-16(24)12(15(19)22(17)18)7-10-8-25-13-6-4-3-5-11(13)14(10)23/h3-9,11,13,19H,1-2H3/b12-7-,19-15?/t11-,13-/m0/s1. The molecule has 0 saturated carbocycles. The van der Waals surface area contributed by atoms with Crippen molar-refractivity contribution in [3.63, 3.8) is 0 Å². The highest BCUT2D eigenvalue weighted by Crippen LogP contribution is 2.34. The van der Waals surface area contributed by atoms with Crippen LogP contribution in [0, 0.1) is 11.3 Å². The lowest BCUT2D eigenvalue weighted by Crippen LogP contribution is -2.42. The summed E-state index contributed by atoms with van der Waals surface area (Å²) in [5.41, 5.74) is 0.306. The van der Waals surface area contributed by atoms with Crippen LogP contribution in [0.4, 0.5) is 0 Å². The minimum Gasteiger partial charge on any atom is -0.492 e. The molecule has 0 aromatic rings. The molecule has 0 fully saturated rings. The number of allylic oxidation sites excluding steroid dienone is 4. The summed E-state index contributed by atoms with van der Waals surface area (Å²) in [6.07, 6.45) is 9.67. The highest BCUT2D eigenvalue weighted by atomic mass is 32.2. The van der Waals surface area contributed by atoms with Gasteiger partial charge in [-0.05, 0) is 12.2 Å². The zero-order valence-electron chi connectivity index (χ0n) is 14.6. The van der Waals surface area contributed by atoms with Gasteiger partial charge in [-0.25, -0.2) is 4.90 Å². The fourth-order valence-corrected chi connectivity index (χ4v) is 4.58. The number of aliphatic imine (C=N–C) groups is 1. The molecule has 0 bridgehead atoms. The number of rotatable bonds is 2. The minimum atomic E-state index is -0.556. The van der Waals surface area contributed by atoms with Gasteiger partial charge in [0.1, 0.15) is 11.9 Å². The maximum Gasteiger partial charge on any atom is 0.283 e. The summed E-state index contributed by atoms with van der Waals surface area (Å²) in [7, 11) is 0. The van der Waals surface area contributed by atoms with Crippen LogP contribution in [-0.2, 0) is 14.3 Å². The van der Waals surface area contributed by atoms with Crippen molar-refractivity contribution < 1.29 is 14.3 Å². The van der Waals surface area contributed by atoms with E-state index in [-0.39, 0.29) is 34.1 Å². The molecular formula is C18H16N4O3S2. The first-order valence-electron chi connectivity index (χ1n) is 8.36. The Morgan fingerprint density at radius 3 is 2.89 bits per heavy atom. The molecular weight excluding hydrogens is 384 g/mol. The van der Waals surface area contributed by atoms with Crippen LogP contribution >= 0.6 is 23.7 Å². The predicted molar refractivity (Wildman–Crippen MR) is 108 cm³/mol. The van der Waals surface area contributed by atoms with E-state index >= 15 is 0 Å². The molecule has 0 spiro atoms. The molecule has 2 atom stereocenters. The molecule has 138 valence electrons. The quantitative estimate of drug-likeness (QED) is 0.566. The molecule has 0 aromatic heterocycles. The SMILES string of the molecule is CC(C)SC1=NSC2=NC(=O)/C(=C\C3=CO[C@H]4C=CC=C[C@@H]4C3=O)C(=N)N21. The first-order valence-corrected chi connectivity index (χ1v) is 10.0. The number of thioether (sulfide) groups is 1. The molecule has 0 radical (unpaired) electrons. The number of fused-ring (bicyclic) bond motifs is 2. The predicted octanol–water partition coefficient (Wildman–Crippen LogP) is 2.84. The summed E-state index contributed by atoms with van der Waals surface area (Å²) in [6, 6.07) is 0. The van der Waals surface area contributed by atoms with E-state index in [2.05, 4.69) is 9.39 Å². The van der Waals surface area contributed by atoms with Gasteiger partial charge < -0.3 is 4.74 Å². The summed E-state index contributed by atoms with van der Waals surface area (Å²) in [5.74, 6) is -1.15. The zero-order valence-corrected chi connectivity index (χ0v) is 16.2. The average molecular weight is 400 g/mol. The number of ketones is 1. The average Bonchev–Trinajstić information content (AvgIpc) is 3.02. The van der Waals surface area contributed by atoms with Gasteiger partial charge in [-0.1, -0.05) is 43.8 Å². The summed E-state index contributed by atoms with van der Waals surface area (Å²) >= 11 is 2.57. The highest BCUT2D eigenvalue weighted by molar-refractivity contribution is 8.19. The number of Topliss-reactive ketones (excluding diaryl/α,β-unsaturated/α-hetero) is 1. The molecule has 9 heteroatoms. The molecule has 1 N–H and O–H groups in total. The van der Waals surface area contributed by atoms with Gasteiger partial charge in [0.25, 0.3) is 5.91 Å². The Morgan fingerprint density at radius 2 is 2.11 bits per heavy atom. The summed E-state index contributed by atoms with van der Waals surface area (Å²) in [6.45, 7) is 4.04. The molecule has 0 unspecified atom stereocenters. The largest absolute Gasteiger partial charge is 0.492 e. The normalized spacial score (nSPS) is 28.1. The second-order valence-corrected chi connectivity index (χ2v) is 8.68. The molecule has 0 aromatic carbocycles. The molecule has 3 aliphatic heterocycles. The number of carbonyl (C=O) groups excluding carboxylic acids is 2. The number of hydrogen-bond acceptors (Lipinski definition) is 7. The Balaban J connectivity index is 1.65. The fourth-order valence-electron chi connectivity index (χ4n) is 2.91. The van der Waals surface area contributed by atoms with Crippen molar-refractivity contribution >= 4 is 51.6 Å². The fraction of sp³-hybridized carbons (Fsp3) is 0.278. The maximum absolute atomic E-state index is 12.7. The summed E-state index contributed by atoms with van der Waals surface area (Å²) < 4.78 is 9.91. The van der Waals surface area contributed by atoms with Gasteiger partial charge in [-0.15, -0.1) is 0 Å². The highest BCUT2D eigenvalue weighted by Gasteiger charge is 2.39. The van der Waals surface area contributed by atoms with Crippen molar-refractivity contribution in [2.75, 3.05) is 0 Å². The summed E-state index contributed by atoms with van der Waals surface area (Å²) in [4.78, 5) is 30.8. The van der Waals surface area contributed by atoms with Gasteiger partial charge in [-0.2, -0.15) is 9.39 Å². The molecule has 27 heavy (non-hydrogen) atoms. The zero-order chi connectivity index (χ0) is 19.1. The smallest absolute Gasteiger partial charge is 0.283 e. The number of hydrogen-bond donors (Lipinski definition) is 1. The van der Waals surface area contributed by atoms with Crippen molar-refractivity contribution in [1.29, 1.82) is 5.41 Å². The molecule has 4 rings (SSSR count). The third kappa shape index (κ3) is 3.21. The lowest BCUT2D eigenvalue weighted by Gasteiger charge is -2.28. The molecule has 1 aliphatic carbocycles. The van der Waals surface area contributed by atoms with E-state index in [4.69, 9.17) is 10.1 Å². The van der Waals surface area contributed by atoms with Crippen LogP contribution in [0.15, 0.2) is 57.2 Å². The minimum absolute atomic E-state index is 0.0307. The third-order valence-corrected chi connectivity index (χ3v) is 5.93. The second-order valence-electron chi connectivity index (χ2n) is 6.41. The van der Waals surface area contributed by atoms with E-state index in [1.807, 2.05) is 26.0 Å². The van der Waals surface area contributed by atoms with Gasteiger partial charge in [0.05, 0.1) is 35.3 Å². The van der Waals surface area contributed by atoms with E-state index in [1.165, 1.54) is 24.1 Å². The van der Waals surface area contributed by atoms with Crippen LogP contribution < -0.4 is 0 Å². The number of carbonyl (C=O) groups is 2.